The number of benzene rings is 1. The van der Waals surface area contributed by atoms with Gasteiger partial charge in [0.1, 0.15) is 11.5 Å². The summed E-state index contributed by atoms with van der Waals surface area (Å²) in [7, 11) is -0.778. The minimum atomic E-state index is -0.778. The van der Waals surface area contributed by atoms with Crippen molar-refractivity contribution in [1.29, 1.82) is 0 Å². The first-order chi connectivity index (χ1) is 13.7. The maximum atomic E-state index is 13.5. The van der Waals surface area contributed by atoms with Crippen molar-refractivity contribution in [3.05, 3.63) is 41.7 Å². The number of carbonyl (C=O) groups excluding carboxylic acids is 1. The number of nitrogens with zero attached hydrogens (tertiary/aromatic N) is 3. The molecule has 2 fully saturated rings. The molecule has 1 aromatic carbocycles. The van der Waals surface area contributed by atoms with E-state index in [0.29, 0.717) is 18.8 Å². The lowest BCUT2D eigenvalue weighted by Gasteiger charge is -2.23. The summed E-state index contributed by atoms with van der Waals surface area (Å²) in [6.07, 6.45) is 7.23. The van der Waals surface area contributed by atoms with Crippen LogP contribution in [0.5, 0.6) is 0 Å². The lowest BCUT2D eigenvalue weighted by molar-refractivity contribution is 0.0745. The van der Waals surface area contributed by atoms with Crippen LogP contribution in [-0.4, -0.2) is 48.2 Å². The molecule has 28 heavy (non-hydrogen) atoms. The lowest BCUT2D eigenvalue weighted by atomic mass is 10.1. The molecule has 0 N–H and O–H groups in total. The van der Waals surface area contributed by atoms with E-state index in [1.807, 2.05) is 23.1 Å². The number of hydrogen-bond donors (Lipinski definition) is 0. The number of rotatable bonds is 2. The predicted octanol–water partition coefficient (Wildman–Crippen LogP) is 3.40. The van der Waals surface area contributed by atoms with E-state index in [-0.39, 0.29) is 16.4 Å². The van der Waals surface area contributed by atoms with Gasteiger partial charge >= 0.3 is 0 Å². The second-order valence-corrected chi connectivity index (χ2v) is 10.2. The van der Waals surface area contributed by atoms with E-state index in [4.69, 9.17) is 4.98 Å². The molecule has 3 unspecified atom stereocenters. The quantitative estimate of drug-likeness (QED) is 0.780. The summed E-state index contributed by atoms with van der Waals surface area (Å²) in [5, 5.41) is 0.424. The Morgan fingerprint density at radius 3 is 2.68 bits per heavy atom. The molecule has 5 rings (SSSR count). The van der Waals surface area contributed by atoms with Gasteiger partial charge in [0, 0.05) is 41.2 Å². The normalized spacial score (nSPS) is 27.1. The van der Waals surface area contributed by atoms with Crippen LogP contribution in [0, 0.1) is 0 Å². The Balaban J connectivity index is 1.52. The van der Waals surface area contributed by atoms with Gasteiger partial charge in [-0.15, -0.1) is 0 Å². The van der Waals surface area contributed by atoms with E-state index in [9.17, 15) is 9.00 Å². The van der Waals surface area contributed by atoms with Crippen LogP contribution < -0.4 is 0 Å². The number of hydrogen-bond acceptors (Lipinski definition) is 3. The van der Waals surface area contributed by atoms with Crippen LogP contribution in [0.15, 0.2) is 30.3 Å². The maximum Gasteiger partial charge on any atom is 0.274 e. The zero-order valence-corrected chi connectivity index (χ0v) is 17.0. The van der Waals surface area contributed by atoms with Gasteiger partial charge in [0.15, 0.2) is 0 Å². The third kappa shape index (κ3) is 3.11. The molecule has 2 aromatic rings. The predicted molar refractivity (Wildman–Crippen MR) is 111 cm³/mol. The molecule has 0 saturated carbocycles. The molecule has 4 heterocycles. The fraction of sp³-hybridized carbons (Fsp3) is 0.545. The van der Waals surface area contributed by atoms with Crippen molar-refractivity contribution in [3.8, 4) is 11.4 Å². The highest BCUT2D eigenvalue weighted by atomic mass is 32.2. The largest absolute Gasteiger partial charge is 0.336 e. The van der Waals surface area contributed by atoms with Crippen molar-refractivity contribution in [1.82, 2.24) is 14.5 Å². The summed E-state index contributed by atoms with van der Waals surface area (Å²) in [6.45, 7) is 2.25. The molecular weight excluding hydrogens is 370 g/mol. The van der Waals surface area contributed by atoms with E-state index in [2.05, 4.69) is 16.7 Å². The summed E-state index contributed by atoms with van der Waals surface area (Å²) in [4.78, 5) is 20.3. The monoisotopic (exact) mass is 397 g/mol. The Morgan fingerprint density at radius 2 is 1.82 bits per heavy atom. The second-order valence-electron chi connectivity index (χ2n) is 8.25. The zero-order chi connectivity index (χ0) is 19.1. The van der Waals surface area contributed by atoms with E-state index < -0.39 is 10.8 Å². The van der Waals surface area contributed by atoms with E-state index >= 15 is 0 Å². The lowest BCUT2D eigenvalue weighted by Crippen LogP contribution is -2.37. The van der Waals surface area contributed by atoms with Crippen LogP contribution in [0.4, 0.5) is 0 Å². The third-order valence-corrected chi connectivity index (χ3v) is 8.67. The minimum Gasteiger partial charge on any atom is -0.336 e. The van der Waals surface area contributed by atoms with Crippen molar-refractivity contribution < 1.29 is 9.00 Å². The molecule has 3 atom stereocenters. The van der Waals surface area contributed by atoms with Gasteiger partial charge in [0.25, 0.3) is 5.91 Å². The Morgan fingerprint density at radius 1 is 1.00 bits per heavy atom. The van der Waals surface area contributed by atoms with Gasteiger partial charge in [-0.3, -0.25) is 9.00 Å². The first-order valence-corrected chi connectivity index (χ1v) is 11.8. The molecule has 2 saturated heterocycles. The van der Waals surface area contributed by atoms with Gasteiger partial charge in [-0.1, -0.05) is 36.8 Å². The summed E-state index contributed by atoms with van der Waals surface area (Å²) in [5.41, 5.74) is 2.79. The molecule has 0 radical (unpaired) electrons. The third-order valence-electron chi connectivity index (χ3n) is 6.50. The van der Waals surface area contributed by atoms with Crippen molar-refractivity contribution in [3.63, 3.8) is 0 Å². The number of fused-ring (bicyclic) bond motifs is 3. The first-order valence-electron chi connectivity index (χ1n) is 10.6. The molecule has 0 aliphatic carbocycles. The smallest absolute Gasteiger partial charge is 0.274 e. The average Bonchev–Trinajstić information content (AvgIpc) is 3.06. The van der Waals surface area contributed by atoms with Crippen molar-refractivity contribution >= 4 is 16.7 Å². The van der Waals surface area contributed by atoms with Crippen molar-refractivity contribution in [2.24, 2.45) is 0 Å². The number of likely N-dealkylation sites (tertiary alicyclic amines) is 1. The van der Waals surface area contributed by atoms with Gasteiger partial charge in [0.2, 0.25) is 0 Å². The molecule has 0 spiro atoms. The van der Waals surface area contributed by atoms with E-state index in [1.165, 1.54) is 6.42 Å². The molecule has 1 aromatic heterocycles. The van der Waals surface area contributed by atoms with Crippen LogP contribution in [0.25, 0.3) is 11.4 Å². The number of imidazole rings is 1. The fourth-order valence-electron chi connectivity index (χ4n) is 4.97. The summed E-state index contributed by atoms with van der Waals surface area (Å²) < 4.78 is 14.8. The van der Waals surface area contributed by atoms with Crippen LogP contribution >= 0.6 is 0 Å². The van der Waals surface area contributed by atoms with Gasteiger partial charge in [-0.25, -0.2) is 4.98 Å². The number of carbonyl (C=O) groups is 1. The highest BCUT2D eigenvalue weighted by molar-refractivity contribution is 7.86. The second kappa shape index (κ2) is 7.47. The molecular formula is C22H27N3O2S. The van der Waals surface area contributed by atoms with Gasteiger partial charge in [-0.05, 0) is 38.5 Å². The van der Waals surface area contributed by atoms with Crippen LogP contribution in [0.2, 0.25) is 0 Å². The molecule has 3 aliphatic rings. The summed E-state index contributed by atoms with van der Waals surface area (Å²) >= 11 is 0. The maximum absolute atomic E-state index is 13.5. The SMILES string of the molecule is O=C(c1nc(-c2ccccc2)n2c1CCCCC2)N1CCC2CCC(C1)S2=O. The Bertz CT molecular complexity index is 908. The molecule has 6 heteroatoms. The molecule has 3 aliphatic heterocycles. The van der Waals surface area contributed by atoms with Crippen LogP contribution in [0.3, 0.4) is 0 Å². The van der Waals surface area contributed by atoms with Gasteiger partial charge in [-0.2, -0.15) is 0 Å². The Labute approximate surface area is 168 Å². The zero-order valence-electron chi connectivity index (χ0n) is 16.2. The summed E-state index contributed by atoms with van der Waals surface area (Å²) in [5.74, 6) is 0.957. The Hall–Kier alpha value is -1.95. The van der Waals surface area contributed by atoms with Crippen LogP contribution in [0.1, 0.15) is 54.7 Å². The van der Waals surface area contributed by atoms with Crippen molar-refractivity contribution in [2.75, 3.05) is 13.1 Å². The molecule has 1 amide bonds. The highest BCUT2D eigenvalue weighted by Crippen LogP contribution is 2.32. The topological polar surface area (TPSA) is 55.2 Å². The number of aromatic nitrogens is 2. The average molecular weight is 398 g/mol. The van der Waals surface area contributed by atoms with Crippen molar-refractivity contribution in [2.45, 2.75) is 62.0 Å². The first kappa shape index (κ1) is 18.1. The van der Waals surface area contributed by atoms with Gasteiger partial charge < -0.3 is 9.47 Å². The minimum absolute atomic E-state index is 0.0392. The molecule has 148 valence electrons. The van der Waals surface area contributed by atoms with Crippen LogP contribution in [-0.2, 0) is 23.8 Å². The molecule has 5 nitrogen and oxygen atoms in total. The highest BCUT2D eigenvalue weighted by Gasteiger charge is 2.39. The Kier molecular flexibility index (Phi) is 4.83. The standard InChI is InChI=1S/C22H27N3O2S/c26-22(24-14-12-17-10-11-18(15-24)28(17)27)20-19-9-5-2-6-13-25(19)21(23-20)16-7-3-1-4-8-16/h1,3-4,7-8,17-18H,2,5-6,9-15H2. The molecule has 2 bridgehead atoms. The number of amides is 1. The summed E-state index contributed by atoms with van der Waals surface area (Å²) in [6, 6.07) is 10.2. The fourth-order valence-corrected chi connectivity index (χ4v) is 6.92. The van der Waals surface area contributed by atoms with Gasteiger partial charge in [0.05, 0.1) is 10.9 Å². The van der Waals surface area contributed by atoms with E-state index in [0.717, 1.165) is 62.2 Å². The van der Waals surface area contributed by atoms with E-state index in [1.54, 1.807) is 0 Å².